The van der Waals surface area contributed by atoms with E-state index in [9.17, 15) is 5.11 Å². The highest BCUT2D eigenvalue weighted by Gasteiger charge is 2.17. The van der Waals surface area contributed by atoms with Gasteiger partial charge in [0.1, 0.15) is 16.2 Å². The van der Waals surface area contributed by atoms with E-state index in [1.807, 2.05) is 0 Å². The van der Waals surface area contributed by atoms with Gasteiger partial charge in [0.25, 0.3) is 0 Å². The van der Waals surface area contributed by atoms with E-state index in [0.29, 0.717) is 10.1 Å². The standard InChI is InChI=1S/C9H6BrClO2S/c10-5-4-7(14-9(5)11)8(12)6-2-1-3-13-6/h1-4,8,12H. The summed E-state index contributed by atoms with van der Waals surface area (Å²) < 4.78 is 6.52. The second-order valence-corrected chi connectivity index (χ2v) is 5.23. The number of hydrogen-bond acceptors (Lipinski definition) is 3. The van der Waals surface area contributed by atoms with Gasteiger partial charge >= 0.3 is 0 Å². The van der Waals surface area contributed by atoms with Crippen LogP contribution < -0.4 is 0 Å². The maximum Gasteiger partial charge on any atom is 0.146 e. The predicted octanol–water partition coefficient (Wildman–Crippen LogP) is 3.84. The maximum atomic E-state index is 9.86. The molecule has 1 N–H and O–H groups in total. The van der Waals surface area contributed by atoms with Crippen molar-refractivity contribution in [2.24, 2.45) is 0 Å². The van der Waals surface area contributed by atoms with Crippen LogP contribution in [0, 0.1) is 0 Å². The molecular weight excluding hydrogens is 288 g/mol. The first-order valence-corrected chi connectivity index (χ1v) is 5.83. The number of rotatable bonds is 2. The van der Waals surface area contributed by atoms with E-state index in [-0.39, 0.29) is 0 Å². The topological polar surface area (TPSA) is 33.4 Å². The van der Waals surface area contributed by atoms with Crippen LogP contribution in [0.5, 0.6) is 0 Å². The molecule has 0 amide bonds. The number of thiophene rings is 1. The van der Waals surface area contributed by atoms with Crippen molar-refractivity contribution < 1.29 is 9.52 Å². The summed E-state index contributed by atoms with van der Waals surface area (Å²) in [6, 6.07) is 5.26. The molecule has 0 saturated heterocycles. The molecule has 0 aliphatic carbocycles. The molecule has 2 aromatic heterocycles. The van der Waals surface area contributed by atoms with Crippen molar-refractivity contribution in [3.05, 3.63) is 43.9 Å². The van der Waals surface area contributed by atoms with Gasteiger partial charge in [0.2, 0.25) is 0 Å². The molecule has 0 aliphatic rings. The highest BCUT2D eigenvalue weighted by atomic mass is 79.9. The molecule has 0 aliphatic heterocycles. The zero-order valence-electron chi connectivity index (χ0n) is 6.91. The van der Waals surface area contributed by atoms with Crippen LogP contribution in [0.4, 0.5) is 0 Å². The minimum Gasteiger partial charge on any atom is -0.466 e. The van der Waals surface area contributed by atoms with E-state index in [2.05, 4.69) is 15.9 Å². The Morgan fingerprint density at radius 3 is 2.86 bits per heavy atom. The Labute approximate surface area is 98.3 Å². The quantitative estimate of drug-likeness (QED) is 0.912. The van der Waals surface area contributed by atoms with Gasteiger partial charge in [-0.3, -0.25) is 0 Å². The zero-order valence-corrected chi connectivity index (χ0v) is 10.1. The van der Waals surface area contributed by atoms with Gasteiger partial charge < -0.3 is 9.52 Å². The fourth-order valence-corrected chi connectivity index (χ4v) is 2.82. The first-order chi connectivity index (χ1) is 6.68. The largest absolute Gasteiger partial charge is 0.466 e. The lowest BCUT2D eigenvalue weighted by Crippen LogP contribution is -1.93. The summed E-state index contributed by atoms with van der Waals surface area (Å²) in [5, 5.41) is 9.86. The third kappa shape index (κ3) is 1.88. The summed E-state index contributed by atoms with van der Waals surface area (Å²) in [6.07, 6.45) is 0.793. The highest BCUT2D eigenvalue weighted by Crippen LogP contribution is 2.37. The number of hydrogen-bond donors (Lipinski definition) is 1. The van der Waals surface area contributed by atoms with Crippen molar-refractivity contribution in [3.63, 3.8) is 0 Å². The second kappa shape index (κ2) is 4.06. The molecule has 0 radical (unpaired) electrons. The molecule has 74 valence electrons. The molecule has 2 nitrogen and oxygen atoms in total. The average Bonchev–Trinajstić information content (AvgIpc) is 2.76. The van der Waals surface area contributed by atoms with Gasteiger partial charge in [-0.05, 0) is 34.1 Å². The van der Waals surface area contributed by atoms with Gasteiger partial charge in [-0.25, -0.2) is 0 Å². The molecule has 2 aromatic rings. The van der Waals surface area contributed by atoms with Crippen molar-refractivity contribution in [3.8, 4) is 0 Å². The van der Waals surface area contributed by atoms with Gasteiger partial charge in [-0.15, -0.1) is 11.3 Å². The minimum atomic E-state index is -0.737. The van der Waals surface area contributed by atoms with Crippen LogP contribution in [-0.2, 0) is 0 Å². The number of aliphatic hydroxyl groups is 1. The summed E-state index contributed by atoms with van der Waals surface area (Å²) in [5.41, 5.74) is 0. The van der Waals surface area contributed by atoms with E-state index >= 15 is 0 Å². The SMILES string of the molecule is OC(c1ccco1)c1cc(Br)c(Cl)s1. The normalized spacial score (nSPS) is 13.1. The van der Waals surface area contributed by atoms with Crippen LogP contribution in [0.1, 0.15) is 16.7 Å². The van der Waals surface area contributed by atoms with Crippen LogP contribution in [0.3, 0.4) is 0 Å². The summed E-state index contributed by atoms with van der Waals surface area (Å²) in [7, 11) is 0. The van der Waals surface area contributed by atoms with E-state index < -0.39 is 6.10 Å². The van der Waals surface area contributed by atoms with E-state index in [4.69, 9.17) is 16.0 Å². The van der Waals surface area contributed by atoms with Crippen molar-refractivity contribution >= 4 is 38.9 Å². The van der Waals surface area contributed by atoms with Gasteiger partial charge in [0.05, 0.1) is 6.26 Å². The van der Waals surface area contributed by atoms with Gasteiger partial charge in [-0.1, -0.05) is 11.6 Å². The molecule has 2 heterocycles. The van der Waals surface area contributed by atoms with Crippen molar-refractivity contribution in [1.29, 1.82) is 0 Å². The summed E-state index contributed by atoms with van der Waals surface area (Å²) in [6.45, 7) is 0. The average molecular weight is 294 g/mol. The molecular formula is C9H6BrClO2S. The smallest absolute Gasteiger partial charge is 0.146 e. The molecule has 5 heteroatoms. The predicted molar refractivity (Wildman–Crippen MR) is 59.8 cm³/mol. The number of aliphatic hydroxyl groups excluding tert-OH is 1. The van der Waals surface area contributed by atoms with Crippen LogP contribution in [0.2, 0.25) is 4.34 Å². The zero-order chi connectivity index (χ0) is 10.1. The molecule has 0 saturated carbocycles. The Balaban J connectivity index is 2.32. The monoisotopic (exact) mass is 292 g/mol. The Morgan fingerprint density at radius 1 is 1.57 bits per heavy atom. The fraction of sp³-hybridized carbons (Fsp3) is 0.111. The Bertz CT molecular complexity index is 404. The van der Waals surface area contributed by atoms with Gasteiger partial charge in [0.15, 0.2) is 0 Å². The Morgan fingerprint density at radius 2 is 2.36 bits per heavy atom. The van der Waals surface area contributed by atoms with Gasteiger partial charge in [-0.2, -0.15) is 0 Å². The van der Waals surface area contributed by atoms with Crippen molar-refractivity contribution in [2.45, 2.75) is 6.10 Å². The summed E-state index contributed by atoms with van der Waals surface area (Å²) >= 11 is 10.5. The lowest BCUT2D eigenvalue weighted by Gasteiger charge is -2.03. The van der Waals surface area contributed by atoms with Crippen LogP contribution in [0.15, 0.2) is 33.4 Å². The number of halogens is 2. The molecule has 0 bridgehead atoms. The molecule has 1 unspecified atom stereocenters. The molecule has 14 heavy (non-hydrogen) atoms. The minimum absolute atomic E-state index is 0.524. The molecule has 0 spiro atoms. The van der Waals surface area contributed by atoms with E-state index in [1.165, 1.54) is 17.6 Å². The second-order valence-electron chi connectivity index (χ2n) is 2.69. The summed E-state index contributed by atoms with van der Waals surface area (Å²) in [4.78, 5) is 0.761. The Hall–Kier alpha value is -0.290. The lowest BCUT2D eigenvalue weighted by atomic mass is 10.2. The summed E-state index contributed by atoms with van der Waals surface area (Å²) in [5.74, 6) is 0.524. The molecule has 0 fully saturated rings. The van der Waals surface area contributed by atoms with Gasteiger partial charge in [0, 0.05) is 9.35 Å². The van der Waals surface area contributed by atoms with E-state index in [0.717, 1.165) is 9.35 Å². The van der Waals surface area contributed by atoms with Crippen molar-refractivity contribution in [2.75, 3.05) is 0 Å². The van der Waals surface area contributed by atoms with Crippen molar-refractivity contribution in [1.82, 2.24) is 0 Å². The first-order valence-electron chi connectivity index (χ1n) is 3.84. The lowest BCUT2D eigenvalue weighted by molar-refractivity contribution is 0.193. The third-order valence-electron chi connectivity index (χ3n) is 1.75. The first kappa shape index (κ1) is 10.2. The number of furan rings is 1. The maximum absolute atomic E-state index is 9.86. The third-order valence-corrected chi connectivity index (χ3v) is 4.27. The fourth-order valence-electron chi connectivity index (χ4n) is 1.09. The van der Waals surface area contributed by atoms with Crippen LogP contribution in [-0.4, -0.2) is 5.11 Å². The van der Waals surface area contributed by atoms with Crippen LogP contribution in [0.25, 0.3) is 0 Å². The molecule has 1 atom stereocenters. The Kier molecular flexibility index (Phi) is 2.97. The van der Waals surface area contributed by atoms with E-state index in [1.54, 1.807) is 18.2 Å². The molecule has 2 rings (SSSR count). The molecule has 0 aromatic carbocycles. The highest BCUT2D eigenvalue weighted by molar-refractivity contribution is 9.10. The van der Waals surface area contributed by atoms with Crippen LogP contribution >= 0.6 is 38.9 Å².